The molecule has 1 aromatic rings. The van der Waals surface area contributed by atoms with E-state index in [2.05, 4.69) is 9.88 Å². The first kappa shape index (κ1) is 14.9. The predicted octanol–water partition coefficient (Wildman–Crippen LogP) is -1.51. The molecule has 3 heterocycles. The second-order valence-corrected chi connectivity index (χ2v) is 7.37. The van der Waals surface area contributed by atoms with Gasteiger partial charge in [0, 0.05) is 39.4 Å². The molecule has 8 nitrogen and oxygen atoms in total. The number of sulfonamides is 1. The molecular weight excluding hydrogens is 296 g/mol. The Labute approximate surface area is 124 Å². The van der Waals surface area contributed by atoms with Gasteiger partial charge in [-0.25, -0.2) is 13.4 Å². The second-order valence-electron chi connectivity index (χ2n) is 5.48. The van der Waals surface area contributed by atoms with Gasteiger partial charge in [-0.1, -0.05) is 0 Å². The van der Waals surface area contributed by atoms with Crippen molar-refractivity contribution in [3.05, 3.63) is 12.5 Å². The third-order valence-corrected chi connectivity index (χ3v) is 5.74. The van der Waals surface area contributed by atoms with Gasteiger partial charge in [0.2, 0.25) is 0 Å². The van der Waals surface area contributed by atoms with E-state index in [-0.39, 0.29) is 17.6 Å². The number of morpholine rings is 1. The average Bonchev–Trinajstić information content (AvgIpc) is 3.07. The van der Waals surface area contributed by atoms with Crippen LogP contribution in [0.1, 0.15) is 0 Å². The number of aliphatic hydroxyl groups is 1. The Balaban J connectivity index is 1.75. The predicted molar refractivity (Wildman–Crippen MR) is 74.2 cm³/mol. The van der Waals surface area contributed by atoms with Gasteiger partial charge in [0.15, 0.2) is 5.03 Å². The molecule has 3 rings (SSSR count). The van der Waals surface area contributed by atoms with Crippen LogP contribution in [-0.4, -0.2) is 83.8 Å². The van der Waals surface area contributed by atoms with Gasteiger partial charge in [0.25, 0.3) is 10.0 Å². The molecule has 0 amide bonds. The van der Waals surface area contributed by atoms with Crippen molar-refractivity contribution in [3.8, 4) is 0 Å². The van der Waals surface area contributed by atoms with Gasteiger partial charge < -0.3 is 14.4 Å². The van der Waals surface area contributed by atoms with Crippen LogP contribution < -0.4 is 0 Å². The van der Waals surface area contributed by atoms with Crippen molar-refractivity contribution < 1.29 is 18.3 Å². The van der Waals surface area contributed by atoms with Gasteiger partial charge in [0.05, 0.1) is 31.7 Å². The van der Waals surface area contributed by atoms with Crippen LogP contribution in [0.25, 0.3) is 0 Å². The number of hydrogen-bond donors (Lipinski definition) is 1. The largest absolute Gasteiger partial charge is 0.390 e. The lowest BCUT2D eigenvalue weighted by Crippen LogP contribution is -2.49. The van der Waals surface area contributed by atoms with Crippen molar-refractivity contribution in [2.24, 2.45) is 7.05 Å². The summed E-state index contributed by atoms with van der Waals surface area (Å²) in [5.74, 6) is 0. The number of nitrogens with zero attached hydrogens (tertiary/aromatic N) is 4. The molecule has 0 bridgehead atoms. The van der Waals surface area contributed by atoms with E-state index in [9.17, 15) is 13.5 Å². The Morgan fingerprint density at radius 3 is 2.67 bits per heavy atom. The monoisotopic (exact) mass is 316 g/mol. The molecule has 118 valence electrons. The first-order chi connectivity index (χ1) is 9.98. The summed E-state index contributed by atoms with van der Waals surface area (Å²) >= 11 is 0. The number of rotatable bonds is 3. The summed E-state index contributed by atoms with van der Waals surface area (Å²) in [4.78, 5) is 6.01. The molecule has 0 unspecified atom stereocenters. The number of ether oxygens (including phenoxy) is 1. The molecule has 2 fully saturated rings. The molecule has 9 heteroatoms. The Hall–Kier alpha value is -1.00. The quantitative estimate of drug-likeness (QED) is 0.729. The summed E-state index contributed by atoms with van der Waals surface area (Å²) in [6.07, 6.45) is 2.25. The molecule has 0 saturated carbocycles. The lowest BCUT2D eigenvalue weighted by molar-refractivity contribution is -0.00602. The number of aromatic nitrogens is 2. The zero-order valence-corrected chi connectivity index (χ0v) is 12.7. The molecule has 1 aromatic heterocycles. The zero-order chi connectivity index (χ0) is 15.0. The Morgan fingerprint density at radius 1 is 1.33 bits per heavy atom. The first-order valence-corrected chi connectivity index (χ1v) is 8.40. The topological polar surface area (TPSA) is 87.9 Å². The zero-order valence-electron chi connectivity index (χ0n) is 11.9. The van der Waals surface area contributed by atoms with Crippen molar-refractivity contribution in [1.82, 2.24) is 18.8 Å². The molecule has 2 aliphatic heterocycles. The molecular formula is C12H20N4O4S. The van der Waals surface area contributed by atoms with Gasteiger partial charge in [0.1, 0.15) is 0 Å². The fourth-order valence-corrected chi connectivity index (χ4v) is 4.30. The SMILES string of the molecule is Cn1cnc(S(=O)(=O)N2C[C@@H](O)[C@H](N3CCOCC3)C2)c1. The summed E-state index contributed by atoms with van der Waals surface area (Å²) < 4.78 is 33.2. The van der Waals surface area contributed by atoms with Crippen molar-refractivity contribution in [1.29, 1.82) is 0 Å². The number of β-amino-alcohol motifs (C(OH)–C–C–N with tert-alkyl or cyclic N) is 1. The summed E-state index contributed by atoms with van der Waals surface area (Å²) in [5, 5.41) is 10.2. The first-order valence-electron chi connectivity index (χ1n) is 6.96. The van der Waals surface area contributed by atoms with Gasteiger partial charge in [-0.2, -0.15) is 4.31 Å². The molecule has 0 radical (unpaired) electrons. The average molecular weight is 316 g/mol. The second kappa shape index (κ2) is 5.65. The Bertz CT molecular complexity index is 596. The van der Waals surface area contributed by atoms with Crippen LogP contribution in [0.4, 0.5) is 0 Å². The highest BCUT2D eigenvalue weighted by molar-refractivity contribution is 7.89. The normalized spacial score (nSPS) is 29.0. The smallest absolute Gasteiger partial charge is 0.262 e. The van der Waals surface area contributed by atoms with E-state index < -0.39 is 16.1 Å². The van der Waals surface area contributed by atoms with Crippen molar-refractivity contribution in [2.75, 3.05) is 39.4 Å². The van der Waals surface area contributed by atoms with Crippen molar-refractivity contribution in [2.45, 2.75) is 17.2 Å². The standard InChI is InChI=1S/C12H20N4O4S/c1-14-8-12(13-9-14)21(18,19)16-6-10(11(17)7-16)15-2-4-20-5-3-15/h8-11,17H,2-7H2,1H3/t10-,11-/m1/s1. The van der Waals surface area contributed by atoms with Crippen molar-refractivity contribution in [3.63, 3.8) is 0 Å². The van der Waals surface area contributed by atoms with Crippen LogP contribution in [0.2, 0.25) is 0 Å². The summed E-state index contributed by atoms with van der Waals surface area (Å²) in [6.45, 7) is 3.09. The number of hydrogen-bond acceptors (Lipinski definition) is 6. The highest BCUT2D eigenvalue weighted by atomic mass is 32.2. The summed E-state index contributed by atoms with van der Waals surface area (Å²) in [7, 11) is -1.92. The van der Waals surface area contributed by atoms with E-state index in [1.807, 2.05) is 0 Å². The number of imidazole rings is 1. The van der Waals surface area contributed by atoms with Crippen LogP contribution in [0.15, 0.2) is 17.6 Å². The molecule has 2 aliphatic rings. The molecule has 21 heavy (non-hydrogen) atoms. The van der Waals surface area contributed by atoms with Crippen molar-refractivity contribution >= 4 is 10.0 Å². The molecule has 1 N–H and O–H groups in total. The number of aryl methyl sites for hydroxylation is 1. The van der Waals surface area contributed by atoms with Gasteiger partial charge in [-0.05, 0) is 0 Å². The van der Waals surface area contributed by atoms with E-state index in [0.29, 0.717) is 19.8 Å². The van der Waals surface area contributed by atoms with E-state index >= 15 is 0 Å². The summed E-state index contributed by atoms with van der Waals surface area (Å²) in [5.41, 5.74) is 0. The van der Waals surface area contributed by atoms with Gasteiger partial charge in [-0.15, -0.1) is 0 Å². The third-order valence-electron chi connectivity index (χ3n) is 4.03. The molecule has 2 atom stereocenters. The van der Waals surface area contributed by atoms with Crippen LogP contribution in [0, 0.1) is 0 Å². The maximum Gasteiger partial charge on any atom is 0.262 e. The maximum atomic E-state index is 12.5. The lowest BCUT2D eigenvalue weighted by atomic mass is 10.2. The third kappa shape index (κ3) is 2.84. The number of aliphatic hydroxyl groups excluding tert-OH is 1. The van der Waals surface area contributed by atoms with Crippen LogP contribution in [0.3, 0.4) is 0 Å². The fourth-order valence-electron chi connectivity index (χ4n) is 2.85. The molecule has 2 saturated heterocycles. The van der Waals surface area contributed by atoms with E-state index in [0.717, 1.165) is 13.1 Å². The van der Waals surface area contributed by atoms with Crippen LogP contribution in [0.5, 0.6) is 0 Å². The van der Waals surface area contributed by atoms with Crippen LogP contribution in [-0.2, 0) is 21.8 Å². The van der Waals surface area contributed by atoms with E-state index in [4.69, 9.17) is 4.74 Å². The maximum absolute atomic E-state index is 12.5. The minimum Gasteiger partial charge on any atom is -0.390 e. The molecule has 0 aromatic carbocycles. The molecule has 0 aliphatic carbocycles. The molecule has 0 spiro atoms. The van der Waals surface area contributed by atoms with Gasteiger partial charge in [-0.3, -0.25) is 4.90 Å². The van der Waals surface area contributed by atoms with E-state index in [1.165, 1.54) is 16.8 Å². The van der Waals surface area contributed by atoms with Crippen LogP contribution >= 0.6 is 0 Å². The Morgan fingerprint density at radius 2 is 2.05 bits per heavy atom. The highest BCUT2D eigenvalue weighted by Crippen LogP contribution is 2.23. The van der Waals surface area contributed by atoms with Gasteiger partial charge >= 0.3 is 0 Å². The Kier molecular flexibility index (Phi) is 4.02. The lowest BCUT2D eigenvalue weighted by Gasteiger charge is -2.33. The highest BCUT2D eigenvalue weighted by Gasteiger charge is 2.42. The summed E-state index contributed by atoms with van der Waals surface area (Å²) in [6, 6.07) is -0.174. The fraction of sp³-hybridized carbons (Fsp3) is 0.750. The minimum absolute atomic E-state index is 0.0276. The van der Waals surface area contributed by atoms with E-state index in [1.54, 1.807) is 11.6 Å². The minimum atomic E-state index is -3.64.